The van der Waals surface area contributed by atoms with Gasteiger partial charge in [-0.3, -0.25) is 10.1 Å². The lowest BCUT2D eigenvalue weighted by Crippen LogP contribution is -2.37. The number of nitrogens with one attached hydrogen (secondary N) is 2. The first-order valence-electron chi connectivity index (χ1n) is 9.25. The molecule has 154 valence electrons. The molecule has 2 N–H and O–H groups in total. The quantitative estimate of drug-likeness (QED) is 0.681. The largest absolute Gasteiger partial charge is 0.484 e. The van der Waals surface area contributed by atoms with Gasteiger partial charge in [-0.1, -0.05) is 17.7 Å². The highest BCUT2D eigenvalue weighted by Crippen LogP contribution is 2.22. The van der Waals surface area contributed by atoms with Gasteiger partial charge in [0.1, 0.15) is 5.75 Å². The third kappa shape index (κ3) is 5.75. The molecule has 0 aliphatic carbocycles. The average Bonchev–Trinajstić information content (AvgIpc) is 3.23. The summed E-state index contributed by atoms with van der Waals surface area (Å²) in [6.45, 7) is 2.92. The maximum absolute atomic E-state index is 12.5. The van der Waals surface area contributed by atoms with E-state index in [0.717, 1.165) is 18.4 Å². The third-order valence-electron chi connectivity index (χ3n) is 4.46. The second-order valence-corrected chi connectivity index (χ2v) is 9.09. The van der Waals surface area contributed by atoms with Crippen LogP contribution in [0.5, 0.6) is 5.75 Å². The van der Waals surface area contributed by atoms with Gasteiger partial charge in [0, 0.05) is 18.8 Å². The number of anilines is 1. The summed E-state index contributed by atoms with van der Waals surface area (Å²) < 4.78 is 32.0. The van der Waals surface area contributed by atoms with Crippen molar-refractivity contribution in [3.8, 4) is 5.75 Å². The number of amides is 1. The zero-order valence-corrected chi connectivity index (χ0v) is 17.7. The molecule has 0 atom stereocenters. The van der Waals surface area contributed by atoms with Crippen molar-refractivity contribution < 1.29 is 17.9 Å². The van der Waals surface area contributed by atoms with Gasteiger partial charge in [-0.25, -0.2) is 8.42 Å². The first-order valence-corrected chi connectivity index (χ1v) is 11.1. The second-order valence-electron chi connectivity index (χ2n) is 6.74. The number of hydrogen-bond donors (Lipinski definition) is 2. The molecule has 1 fully saturated rings. The average molecular weight is 434 g/mol. The van der Waals surface area contributed by atoms with Crippen molar-refractivity contribution in [2.75, 3.05) is 25.0 Å². The Bertz CT molecular complexity index is 968. The van der Waals surface area contributed by atoms with Crippen LogP contribution in [0.4, 0.5) is 5.69 Å². The fourth-order valence-electron chi connectivity index (χ4n) is 2.90. The Morgan fingerprint density at radius 3 is 2.31 bits per heavy atom. The van der Waals surface area contributed by atoms with Crippen LogP contribution in [-0.4, -0.2) is 43.4 Å². The van der Waals surface area contributed by atoms with Crippen molar-refractivity contribution >= 4 is 38.9 Å². The highest BCUT2D eigenvalue weighted by molar-refractivity contribution is 7.89. The van der Waals surface area contributed by atoms with Crippen LogP contribution >= 0.6 is 12.2 Å². The van der Waals surface area contributed by atoms with Crippen LogP contribution in [0.2, 0.25) is 0 Å². The number of benzene rings is 2. The van der Waals surface area contributed by atoms with Crippen LogP contribution in [0, 0.1) is 6.92 Å². The number of carbonyl (C=O) groups is 1. The van der Waals surface area contributed by atoms with Crippen LogP contribution in [0.1, 0.15) is 18.4 Å². The summed E-state index contributed by atoms with van der Waals surface area (Å²) in [5, 5.41) is 5.50. The lowest BCUT2D eigenvalue weighted by atomic mass is 10.2. The molecule has 2 aromatic rings. The number of aryl methyl sites for hydroxylation is 1. The van der Waals surface area contributed by atoms with Crippen LogP contribution in [-0.2, 0) is 14.8 Å². The molecular weight excluding hydrogens is 410 g/mol. The number of nitrogens with zero attached hydrogens (tertiary/aromatic N) is 1. The van der Waals surface area contributed by atoms with Crippen molar-refractivity contribution in [3.63, 3.8) is 0 Å². The lowest BCUT2D eigenvalue weighted by Gasteiger charge is -2.16. The molecule has 29 heavy (non-hydrogen) atoms. The molecule has 0 bridgehead atoms. The number of thiocarbonyl (C=S) groups is 1. The number of sulfonamides is 1. The maximum Gasteiger partial charge on any atom is 0.264 e. The van der Waals surface area contributed by atoms with Gasteiger partial charge in [0.05, 0.1) is 4.90 Å². The Morgan fingerprint density at radius 2 is 1.69 bits per heavy atom. The zero-order chi connectivity index (χ0) is 20.9. The van der Waals surface area contributed by atoms with Crippen molar-refractivity contribution in [1.29, 1.82) is 0 Å². The van der Waals surface area contributed by atoms with E-state index in [4.69, 9.17) is 17.0 Å². The molecule has 0 aromatic heterocycles. The molecule has 1 amide bonds. The van der Waals surface area contributed by atoms with E-state index < -0.39 is 15.9 Å². The van der Waals surface area contributed by atoms with E-state index in [9.17, 15) is 13.2 Å². The van der Waals surface area contributed by atoms with E-state index in [-0.39, 0.29) is 16.6 Å². The van der Waals surface area contributed by atoms with Crippen LogP contribution in [0.25, 0.3) is 0 Å². The van der Waals surface area contributed by atoms with Gasteiger partial charge in [0.25, 0.3) is 5.91 Å². The Morgan fingerprint density at radius 1 is 1.07 bits per heavy atom. The maximum atomic E-state index is 12.5. The van der Waals surface area contributed by atoms with Gasteiger partial charge in [0.2, 0.25) is 10.0 Å². The fraction of sp³-hybridized carbons (Fsp3) is 0.300. The summed E-state index contributed by atoms with van der Waals surface area (Å²) in [5.74, 6) is 0.204. The molecule has 7 nitrogen and oxygen atoms in total. The number of hydrogen-bond acceptors (Lipinski definition) is 5. The van der Waals surface area contributed by atoms with Crippen molar-refractivity contribution in [3.05, 3.63) is 54.1 Å². The van der Waals surface area contributed by atoms with E-state index in [1.54, 1.807) is 24.3 Å². The molecule has 1 heterocycles. The summed E-state index contributed by atoms with van der Waals surface area (Å²) in [4.78, 5) is 12.2. The molecule has 1 aliphatic heterocycles. The predicted molar refractivity (Wildman–Crippen MR) is 115 cm³/mol. The number of carbonyl (C=O) groups excluding carboxylic acids is 1. The predicted octanol–water partition coefficient (Wildman–Crippen LogP) is 2.67. The third-order valence-corrected chi connectivity index (χ3v) is 6.58. The van der Waals surface area contributed by atoms with E-state index in [1.807, 2.05) is 19.1 Å². The first-order chi connectivity index (χ1) is 13.8. The van der Waals surface area contributed by atoms with Crippen molar-refractivity contribution in [2.45, 2.75) is 24.7 Å². The van der Waals surface area contributed by atoms with E-state index in [0.29, 0.717) is 24.5 Å². The smallest absolute Gasteiger partial charge is 0.264 e. The van der Waals surface area contributed by atoms with Gasteiger partial charge in [-0.05, 0) is 68.4 Å². The Kier molecular flexibility index (Phi) is 6.83. The summed E-state index contributed by atoms with van der Waals surface area (Å²) in [5.41, 5.74) is 1.68. The van der Waals surface area contributed by atoms with Gasteiger partial charge in [-0.15, -0.1) is 0 Å². The van der Waals surface area contributed by atoms with Gasteiger partial charge >= 0.3 is 0 Å². The molecule has 3 rings (SSSR count). The van der Waals surface area contributed by atoms with E-state index in [2.05, 4.69) is 10.6 Å². The van der Waals surface area contributed by atoms with Gasteiger partial charge in [0.15, 0.2) is 11.7 Å². The molecule has 1 saturated heterocycles. The van der Waals surface area contributed by atoms with E-state index >= 15 is 0 Å². The molecule has 0 unspecified atom stereocenters. The second kappa shape index (κ2) is 9.34. The topological polar surface area (TPSA) is 87.7 Å². The highest BCUT2D eigenvalue weighted by Gasteiger charge is 2.26. The molecule has 0 radical (unpaired) electrons. The minimum Gasteiger partial charge on any atom is -0.484 e. The highest BCUT2D eigenvalue weighted by atomic mass is 32.2. The van der Waals surface area contributed by atoms with Crippen molar-refractivity contribution in [2.24, 2.45) is 0 Å². The normalized spacial score (nSPS) is 14.4. The summed E-state index contributed by atoms with van der Waals surface area (Å²) in [6.07, 6.45) is 1.78. The SMILES string of the molecule is Cc1ccc(OCC(=O)NC(=S)Nc2ccc(S(=O)(=O)N3CCCC3)cc2)cc1. The standard InChI is InChI=1S/C20H23N3O4S2/c1-15-4-8-17(9-5-15)27-14-19(24)22-20(28)21-16-6-10-18(11-7-16)29(25,26)23-12-2-3-13-23/h4-11H,2-3,12-14H2,1H3,(H2,21,22,24,28). The van der Waals surface area contributed by atoms with Crippen LogP contribution in [0.15, 0.2) is 53.4 Å². The zero-order valence-electron chi connectivity index (χ0n) is 16.1. The van der Waals surface area contributed by atoms with Crippen LogP contribution in [0.3, 0.4) is 0 Å². The molecular formula is C20H23N3O4S2. The Hall–Kier alpha value is -2.49. The molecule has 1 aliphatic rings. The number of ether oxygens (including phenoxy) is 1. The lowest BCUT2D eigenvalue weighted by molar-refractivity contribution is -0.121. The van der Waals surface area contributed by atoms with Crippen molar-refractivity contribution in [1.82, 2.24) is 9.62 Å². The fourth-order valence-corrected chi connectivity index (χ4v) is 4.64. The summed E-state index contributed by atoms with van der Waals surface area (Å²) >= 11 is 5.13. The molecule has 9 heteroatoms. The minimum atomic E-state index is -3.45. The van der Waals surface area contributed by atoms with Gasteiger partial charge in [-0.2, -0.15) is 4.31 Å². The minimum absolute atomic E-state index is 0.109. The summed E-state index contributed by atoms with van der Waals surface area (Å²) in [7, 11) is -3.45. The first kappa shape index (κ1) is 21.2. The molecule has 0 saturated carbocycles. The van der Waals surface area contributed by atoms with Gasteiger partial charge < -0.3 is 10.1 Å². The van der Waals surface area contributed by atoms with Crippen LogP contribution < -0.4 is 15.4 Å². The Balaban J connectivity index is 1.49. The number of rotatable bonds is 6. The Labute approximate surface area is 176 Å². The molecule has 0 spiro atoms. The monoisotopic (exact) mass is 433 g/mol. The summed E-state index contributed by atoms with van der Waals surface area (Å²) in [6, 6.07) is 13.7. The molecule has 2 aromatic carbocycles. The van der Waals surface area contributed by atoms with E-state index in [1.165, 1.54) is 16.4 Å².